The maximum absolute atomic E-state index is 6.25. The number of aromatic nitrogens is 2. The molecule has 0 aliphatic heterocycles. The molecular weight excluding hydrogens is 234 g/mol. The summed E-state index contributed by atoms with van der Waals surface area (Å²) in [5.41, 5.74) is 1.11. The highest BCUT2D eigenvalue weighted by molar-refractivity contribution is 6.20. The lowest BCUT2D eigenvalue weighted by Gasteiger charge is -2.13. The van der Waals surface area contributed by atoms with Gasteiger partial charge in [0, 0.05) is 24.2 Å². The number of hydrogen-bond donors (Lipinski definition) is 1. The number of alkyl halides is 1. The zero-order valence-corrected chi connectivity index (χ0v) is 11.5. The summed E-state index contributed by atoms with van der Waals surface area (Å²) in [4.78, 5) is 0. The standard InChI is InChI=1S/C13H22ClN3/c1-10(2)17-7-6-12(16-17)9-15-8-11-4-3-5-13(11)14/h6-7,10-11,13,15H,3-5,8-9H2,1-2H3. The first-order valence-electron chi connectivity index (χ1n) is 6.55. The highest BCUT2D eigenvalue weighted by Crippen LogP contribution is 2.29. The molecule has 1 fully saturated rings. The quantitative estimate of drug-likeness (QED) is 0.820. The molecule has 0 spiro atoms. The minimum Gasteiger partial charge on any atom is -0.311 e. The van der Waals surface area contributed by atoms with Gasteiger partial charge in [-0.15, -0.1) is 11.6 Å². The summed E-state index contributed by atoms with van der Waals surface area (Å²) in [7, 11) is 0. The molecule has 2 rings (SSSR count). The van der Waals surface area contributed by atoms with E-state index in [-0.39, 0.29) is 0 Å². The molecule has 1 aromatic rings. The summed E-state index contributed by atoms with van der Waals surface area (Å²) < 4.78 is 2.00. The molecule has 1 N–H and O–H groups in total. The molecule has 0 radical (unpaired) electrons. The Morgan fingerprint density at radius 2 is 2.35 bits per heavy atom. The number of halogens is 1. The van der Waals surface area contributed by atoms with E-state index in [1.807, 2.05) is 10.9 Å². The highest BCUT2D eigenvalue weighted by atomic mass is 35.5. The van der Waals surface area contributed by atoms with E-state index in [1.165, 1.54) is 19.3 Å². The summed E-state index contributed by atoms with van der Waals surface area (Å²) >= 11 is 6.25. The van der Waals surface area contributed by atoms with E-state index in [4.69, 9.17) is 11.6 Å². The van der Waals surface area contributed by atoms with Crippen LogP contribution in [0.4, 0.5) is 0 Å². The molecule has 96 valence electrons. The second-order valence-electron chi connectivity index (χ2n) is 5.22. The lowest BCUT2D eigenvalue weighted by atomic mass is 10.1. The minimum atomic E-state index is 0.371. The number of nitrogens with zero attached hydrogens (tertiary/aromatic N) is 2. The highest BCUT2D eigenvalue weighted by Gasteiger charge is 2.24. The van der Waals surface area contributed by atoms with Crippen LogP contribution in [0.3, 0.4) is 0 Å². The van der Waals surface area contributed by atoms with Crippen LogP contribution in [-0.2, 0) is 6.54 Å². The van der Waals surface area contributed by atoms with Crippen molar-refractivity contribution in [1.82, 2.24) is 15.1 Å². The first kappa shape index (κ1) is 12.9. The fourth-order valence-electron chi connectivity index (χ4n) is 2.37. The average molecular weight is 256 g/mol. The molecular formula is C13H22ClN3. The largest absolute Gasteiger partial charge is 0.311 e. The molecule has 0 bridgehead atoms. The molecule has 1 saturated carbocycles. The van der Waals surface area contributed by atoms with E-state index in [2.05, 4.69) is 30.3 Å². The van der Waals surface area contributed by atoms with Crippen molar-refractivity contribution >= 4 is 11.6 Å². The second-order valence-corrected chi connectivity index (χ2v) is 5.78. The van der Waals surface area contributed by atoms with Crippen molar-refractivity contribution < 1.29 is 0 Å². The summed E-state index contributed by atoms with van der Waals surface area (Å²) in [5.74, 6) is 0.642. The van der Waals surface area contributed by atoms with Gasteiger partial charge in [0.1, 0.15) is 0 Å². The van der Waals surface area contributed by atoms with Crippen molar-refractivity contribution in [1.29, 1.82) is 0 Å². The Morgan fingerprint density at radius 3 is 2.94 bits per heavy atom. The Bertz CT molecular complexity index is 348. The predicted octanol–water partition coefficient (Wildman–Crippen LogP) is 2.96. The summed E-state index contributed by atoms with van der Waals surface area (Å²) in [6.07, 6.45) is 5.77. The number of hydrogen-bond acceptors (Lipinski definition) is 2. The van der Waals surface area contributed by atoms with Crippen LogP contribution in [-0.4, -0.2) is 21.7 Å². The SMILES string of the molecule is CC(C)n1ccc(CNCC2CCCC2Cl)n1. The Kier molecular flexibility index (Phi) is 4.46. The Balaban J connectivity index is 1.74. The zero-order chi connectivity index (χ0) is 12.3. The van der Waals surface area contributed by atoms with E-state index >= 15 is 0 Å². The lowest BCUT2D eigenvalue weighted by Crippen LogP contribution is -2.25. The van der Waals surface area contributed by atoms with Crippen molar-refractivity contribution in [2.45, 2.75) is 51.1 Å². The molecule has 2 unspecified atom stereocenters. The molecule has 0 saturated heterocycles. The van der Waals surface area contributed by atoms with Gasteiger partial charge >= 0.3 is 0 Å². The fourth-order valence-corrected chi connectivity index (χ4v) is 2.74. The van der Waals surface area contributed by atoms with Gasteiger partial charge in [0.15, 0.2) is 0 Å². The normalized spacial score (nSPS) is 24.7. The third-order valence-corrected chi connectivity index (χ3v) is 4.05. The number of nitrogens with one attached hydrogen (secondary N) is 1. The van der Waals surface area contributed by atoms with E-state index in [1.54, 1.807) is 0 Å². The van der Waals surface area contributed by atoms with Crippen molar-refractivity contribution in [2.24, 2.45) is 5.92 Å². The topological polar surface area (TPSA) is 29.9 Å². The Hall–Kier alpha value is -0.540. The third-order valence-electron chi connectivity index (χ3n) is 3.47. The molecule has 2 atom stereocenters. The van der Waals surface area contributed by atoms with Crippen molar-refractivity contribution in [3.05, 3.63) is 18.0 Å². The fraction of sp³-hybridized carbons (Fsp3) is 0.769. The zero-order valence-electron chi connectivity index (χ0n) is 10.7. The van der Waals surface area contributed by atoms with Crippen LogP contribution in [0.15, 0.2) is 12.3 Å². The van der Waals surface area contributed by atoms with Crippen molar-refractivity contribution in [3.63, 3.8) is 0 Å². The van der Waals surface area contributed by atoms with Gasteiger partial charge in [0.25, 0.3) is 0 Å². The summed E-state index contributed by atoms with van der Waals surface area (Å²) in [6.45, 7) is 6.14. The molecule has 17 heavy (non-hydrogen) atoms. The Morgan fingerprint density at radius 1 is 1.53 bits per heavy atom. The molecule has 1 aromatic heterocycles. The van der Waals surface area contributed by atoms with Crippen LogP contribution in [0.5, 0.6) is 0 Å². The van der Waals surface area contributed by atoms with E-state index in [0.717, 1.165) is 18.8 Å². The summed E-state index contributed by atoms with van der Waals surface area (Å²) in [6, 6.07) is 2.52. The molecule has 0 aromatic carbocycles. The monoisotopic (exact) mass is 255 g/mol. The van der Waals surface area contributed by atoms with Gasteiger partial charge in [-0.05, 0) is 45.2 Å². The van der Waals surface area contributed by atoms with Crippen molar-refractivity contribution in [3.8, 4) is 0 Å². The lowest BCUT2D eigenvalue weighted by molar-refractivity contribution is 0.483. The smallest absolute Gasteiger partial charge is 0.0762 e. The van der Waals surface area contributed by atoms with Crippen molar-refractivity contribution in [2.75, 3.05) is 6.54 Å². The molecule has 4 heteroatoms. The van der Waals surface area contributed by atoms with Gasteiger partial charge < -0.3 is 5.32 Å². The van der Waals surface area contributed by atoms with Gasteiger partial charge in [-0.25, -0.2) is 0 Å². The second kappa shape index (κ2) is 5.87. The Labute approximate surface area is 109 Å². The first-order valence-corrected chi connectivity index (χ1v) is 6.99. The van der Waals surface area contributed by atoms with Crippen LogP contribution >= 0.6 is 11.6 Å². The first-order chi connectivity index (χ1) is 8.16. The van der Waals surface area contributed by atoms with Gasteiger partial charge in [0.05, 0.1) is 5.69 Å². The number of rotatable bonds is 5. The van der Waals surface area contributed by atoms with Crippen LogP contribution in [0, 0.1) is 5.92 Å². The maximum Gasteiger partial charge on any atom is 0.0762 e. The molecule has 0 amide bonds. The maximum atomic E-state index is 6.25. The third kappa shape index (κ3) is 3.46. The van der Waals surface area contributed by atoms with Crippen LogP contribution in [0.1, 0.15) is 44.8 Å². The predicted molar refractivity (Wildman–Crippen MR) is 71.3 cm³/mol. The molecule has 1 aliphatic carbocycles. The van der Waals surface area contributed by atoms with Crippen LogP contribution < -0.4 is 5.32 Å². The van der Waals surface area contributed by atoms with E-state index in [0.29, 0.717) is 17.3 Å². The van der Waals surface area contributed by atoms with E-state index in [9.17, 15) is 0 Å². The molecule has 1 aliphatic rings. The average Bonchev–Trinajstić information content (AvgIpc) is 2.89. The molecule has 3 nitrogen and oxygen atoms in total. The van der Waals surface area contributed by atoms with E-state index < -0.39 is 0 Å². The van der Waals surface area contributed by atoms with Gasteiger partial charge in [-0.2, -0.15) is 5.10 Å². The van der Waals surface area contributed by atoms with Crippen LogP contribution in [0.2, 0.25) is 0 Å². The van der Waals surface area contributed by atoms with Gasteiger partial charge in [-0.1, -0.05) is 6.42 Å². The summed E-state index contributed by atoms with van der Waals surface area (Å²) in [5, 5.41) is 8.35. The minimum absolute atomic E-state index is 0.371. The van der Waals surface area contributed by atoms with Gasteiger partial charge in [0.2, 0.25) is 0 Å². The molecule has 1 heterocycles. The van der Waals surface area contributed by atoms with Crippen LogP contribution in [0.25, 0.3) is 0 Å². The van der Waals surface area contributed by atoms with Gasteiger partial charge in [-0.3, -0.25) is 4.68 Å².